The van der Waals surface area contributed by atoms with Crippen molar-refractivity contribution in [3.63, 3.8) is 0 Å². The normalized spacial score (nSPS) is 12.1. The monoisotopic (exact) mass is 1700 g/mol. The summed E-state index contributed by atoms with van der Waals surface area (Å²) in [5.41, 5.74) is 23.9. The van der Waals surface area contributed by atoms with Gasteiger partial charge in [-0.05, 0) is 160 Å². The van der Waals surface area contributed by atoms with Crippen LogP contribution in [0.5, 0.6) is 0 Å². The fraction of sp³-hybridized carbons (Fsp3) is 0. The third kappa shape index (κ3) is 11.6. The molecule has 9 heterocycles. The van der Waals surface area contributed by atoms with E-state index in [0.717, 1.165) is 188 Å². The van der Waals surface area contributed by atoms with Gasteiger partial charge in [0.2, 0.25) is 0 Å². The number of benzene rings is 20. The van der Waals surface area contributed by atoms with Crippen LogP contribution in [0.4, 0.5) is 0 Å². The molecule has 0 unspecified atom stereocenters. The first-order valence-corrected chi connectivity index (χ1v) is 44.8. The highest BCUT2D eigenvalue weighted by Crippen LogP contribution is 2.48. The van der Waals surface area contributed by atoms with Gasteiger partial charge in [-0.2, -0.15) is 0 Å². The van der Waals surface area contributed by atoms with Crippen LogP contribution in [0.15, 0.2) is 438 Å². The molecule has 0 aliphatic heterocycles. The average Bonchev–Trinajstić information content (AvgIpc) is 1.54. The molecule has 29 aromatic rings. The van der Waals surface area contributed by atoms with Crippen LogP contribution in [0.3, 0.4) is 0 Å². The van der Waals surface area contributed by atoms with Crippen molar-refractivity contribution in [3.05, 3.63) is 425 Å². The van der Waals surface area contributed by atoms with Gasteiger partial charge in [0.15, 0.2) is 40.5 Å². The van der Waals surface area contributed by atoms with E-state index in [2.05, 4.69) is 291 Å². The van der Waals surface area contributed by atoms with E-state index in [9.17, 15) is 0 Å². The SMILES string of the molecule is c1ccc(-c2nc(-c3ccccc3)nc(-c3ccc4c5ccc(-n6c7ccccc7c7cc(-n8c9ccccc9c9cc%10oc%11ccccc%11c%10cc98)ccc76)cc5c5ccccc5c4c3)n2)cc1.c1ccc(-c2nc(-c3ccccc3)nc(-c3cccc4c3oc3c(-n5c6ccccc6c6cc(-n7c8ccccc8c8cc9oc%10ccccc%10c9cc87)ccc65)cccc34)n2)cc1. The highest BCUT2D eigenvalue weighted by atomic mass is 16.3. The number of para-hydroxylation sites is 8. The zero-order chi connectivity index (χ0) is 87.0. The zero-order valence-electron chi connectivity index (χ0n) is 71.1. The third-order valence-corrected chi connectivity index (χ3v) is 26.9. The molecule has 0 aliphatic rings. The molecule has 0 bridgehead atoms. The summed E-state index contributed by atoms with van der Waals surface area (Å²) in [7, 11) is 0. The number of aromatic nitrogens is 10. The minimum Gasteiger partial charge on any atom is -0.456 e. The standard InChI is InChI=1S/C63H37N5O.C57H33N5O2/c1-3-15-38(16-4-1)61-64-62(39-17-5-2-6-18-39)66-63(65-61)40-27-30-45-46-31-28-41(34-51(46)44-20-8-7-19-43(44)50(45)33-40)67-55-24-12-9-21-47(55)52-35-42(29-32-57(52)67)68-56-25-13-10-22-48(56)53-37-60-54(36-58(53)68)49-23-11-14-26-59(49)69-60;1-3-15-34(16-4-1)55-58-56(35-17-5-2-6-18-35)60-57(59-55)42-24-13-22-40-41-23-14-27-49(54(41)64-53(40)42)62-47-26-11-8-19-37(47)43-31-36(29-30-48(43)62)61-46-25-10-7-20-38(46)44-33-52-45(32-50(44)61)39-21-9-12-28-51(39)63-52/h1-37H;1-33H. The van der Waals surface area contributed by atoms with Gasteiger partial charge in [0.25, 0.3) is 0 Å². The largest absolute Gasteiger partial charge is 0.456 e. The molecule has 0 saturated heterocycles. The van der Waals surface area contributed by atoms with Gasteiger partial charge in [0.05, 0.1) is 55.4 Å². The summed E-state index contributed by atoms with van der Waals surface area (Å²) in [4.78, 5) is 30.2. The van der Waals surface area contributed by atoms with Crippen molar-refractivity contribution in [3.8, 4) is 91.1 Å². The second-order valence-electron chi connectivity index (χ2n) is 34.3. The fourth-order valence-corrected chi connectivity index (χ4v) is 20.9. The topological polar surface area (TPSA) is 136 Å². The molecule has 13 nitrogen and oxygen atoms in total. The molecule has 29 rings (SSSR count). The van der Waals surface area contributed by atoms with Gasteiger partial charge < -0.3 is 31.5 Å². The predicted octanol–water partition coefficient (Wildman–Crippen LogP) is 31.3. The van der Waals surface area contributed by atoms with E-state index >= 15 is 0 Å². The molecule has 0 spiro atoms. The summed E-state index contributed by atoms with van der Waals surface area (Å²) in [5, 5.41) is 23.0. The Morgan fingerprint density at radius 2 is 0.466 bits per heavy atom. The van der Waals surface area contributed by atoms with Crippen molar-refractivity contribution in [2.75, 3.05) is 0 Å². The molecule has 0 radical (unpaired) electrons. The highest BCUT2D eigenvalue weighted by Gasteiger charge is 2.27. The molecular formula is C120H70N10O3. The van der Waals surface area contributed by atoms with Crippen molar-refractivity contribution in [1.82, 2.24) is 48.2 Å². The van der Waals surface area contributed by atoms with E-state index in [4.69, 9.17) is 43.2 Å². The Balaban J connectivity index is 0.000000133. The first-order valence-electron chi connectivity index (χ1n) is 44.8. The summed E-state index contributed by atoms with van der Waals surface area (Å²) in [5.74, 6) is 3.69. The Labute approximate surface area is 757 Å². The van der Waals surface area contributed by atoms with E-state index in [1.807, 2.05) is 152 Å². The molecule has 13 heteroatoms. The van der Waals surface area contributed by atoms with Gasteiger partial charge in [-0.1, -0.05) is 297 Å². The van der Waals surface area contributed by atoms with Crippen LogP contribution in [0, 0.1) is 0 Å². The zero-order valence-corrected chi connectivity index (χ0v) is 71.1. The summed E-state index contributed by atoms with van der Waals surface area (Å²) in [6.07, 6.45) is 0. The second kappa shape index (κ2) is 29.2. The Hall–Kier alpha value is -18.2. The predicted molar refractivity (Wildman–Crippen MR) is 544 cm³/mol. The lowest BCUT2D eigenvalue weighted by Crippen LogP contribution is -2.00. The molecule has 0 N–H and O–H groups in total. The fourth-order valence-electron chi connectivity index (χ4n) is 20.9. The highest BCUT2D eigenvalue weighted by molar-refractivity contribution is 6.27. The quantitative estimate of drug-likeness (QED) is 0.123. The van der Waals surface area contributed by atoms with Crippen molar-refractivity contribution in [2.24, 2.45) is 0 Å². The van der Waals surface area contributed by atoms with E-state index in [1.54, 1.807) is 0 Å². The lowest BCUT2D eigenvalue weighted by atomic mass is 9.93. The van der Waals surface area contributed by atoms with E-state index in [-0.39, 0.29) is 0 Å². The van der Waals surface area contributed by atoms with Gasteiger partial charge in [0, 0.05) is 120 Å². The minimum atomic E-state index is 0.551. The van der Waals surface area contributed by atoms with Gasteiger partial charge in [0.1, 0.15) is 27.9 Å². The molecule has 0 amide bonds. The number of hydrogen-bond donors (Lipinski definition) is 0. The molecule has 133 heavy (non-hydrogen) atoms. The maximum Gasteiger partial charge on any atom is 0.167 e. The summed E-state index contributed by atoms with van der Waals surface area (Å²) >= 11 is 0. The van der Waals surface area contributed by atoms with Crippen LogP contribution >= 0.6 is 0 Å². The Kier molecular flexibility index (Phi) is 16.2. The van der Waals surface area contributed by atoms with E-state index < -0.39 is 0 Å². The molecule has 0 aliphatic carbocycles. The lowest BCUT2D eigenvalue weighted by molar-refractivity contribution is 0.667. The van der Waals surface area contributed by atoms with Crippen molar-refractivity contribution < 1.29 is 13.3 Å². The van der Waals surface area contributed by atoms with Crippen molar-refractivity contribution >= 4 is 185 Å². The first-order chi connectivity index (χ1) is 65.9. The molecule has 0 saturated carbocycles. The molecular weight excluding hydrogens is 1630 g/mol. The first kappa shape index (κ1) is 73.9. The van der Waals surface area contributed by atoms with Crippen LogP contribution < -0.4 is 0 Å². The Morgan fingerprint density at radius 1 is 0.150 bits per heavy atom. The van der Waals surface area contributed by atoms with Gasteiger partial charge >= 0.3 is 0 Å². The van der Waals surface area contributed by atoms with Crippen LogP contribution in [0.1, 0.15) is 0 Å². The number of nitrogens with zero attached hydrogens (tertiary/aromatic N) is 10. The van der Waals surface area contributed by atoms with Crippen molar-refractivity contribution in [1.29, 1.82) is 0 Å². The van der Waals surface area contributed by atoms with Crippen LogP contribution in [0.25, 0.3) is 276 Å². The summed E-state index contributed by atoms with van der Waals surface area (Å²) in [6, 6.07) is 150. The third-order valence-electron chi connectivity index (χ3n) is 26.9. The number of hydrogen-bond acceptors (Lipinski definition) is 9. The molecule has 0 atom stereocenters. The Bertz CT molecular complexity index is 9800. The minimum absolute atomic E-state index is 0.551. The summed E-state index contributed by atoms with van der Waals surface area (Å²) < 4.78 is 29.4. The van der Waals surface area contributed by atoms with Gasteiger partial charge in [-0.25, -0.2) is 29.9 Å². The molecule has 618 valence electrons. The van der Waals surface area contributed by atoms with Crippen LogP contribution in [0.2, 0.25) is 0 Å². The van der Waals surface area contributed by atoms with Crippen molar-refractivity contribution in [2.45, 2.75) is 0 Å². The summed E-state index contributed by atoms with van der Waals surface area (Å²) in [6.45, 7) is 0. The molecule has 20 aromatic carbocycles. The van der Waals surface area contributed by atoms with Crippen LogP contribution in [-0.4, -0.2) is 48.2 Å². The maximum atomic E-state index is 7.09. The maximum absolute atomic E-state index is 7.09. The average molecular weight is 1700 g/mol. The Morgan fingerprint density at radius 3 is 0.932 bits per heavy atom. The smallest absolute Gasteiger partial charge is 0.167 e. The molecule has 0 fully saturated rings. The second-order valence-corrected chi connectivity index (χ2v) is 34.3. The van der Waals surface area contributed by atoms with E-state index in [0.29, 0.717) is 34.9 Å². The van der Waals surface area contributed by atoms with Gasteiger partial charge in [-0.3, -0.25) is 0 Å². The lowest BCUT2D eigenvalue weighted by Gasteiger charge is -2.15. The number of furan rings is 3. The number of fused-ring (bicyclic) bond motifs is 27. The molecule has 9 aromatic heterocycles. The van der Waals surface area contributed by atoms with E-state index in [1.165, 1.54) is 53.9 Å². The van der Waals surface area contributed by atoms with Gasteiger partial charge in [-0.15, -0.1) is 0 Å². The van der Waals surface area contributed by atoms with Crippen LogP contribution in [-0.2, 0) is 0 Å². The number of rotatable bonds is 10.